The molecular weight excluding hydrogens is 392 g/mol. The summed E-state index contributed by atoms with van der Waals surface area (Å²) in [5.74, 6) is 1.91. The molecule has 162 valence electrons. The van der Waals surface area contributed by atoms with Crippen molar-refractivity contribution in [3.63, 3.8) is 0 Å². The second-order valence-corrected chi connectivity index (χ2v) is 8.49. The lowest BCUT2D eigenvalue weighted by atomic mass is 10.1. The summed E-state index contributed by atoms with van der Waals surface area (Å²) < 4.78 is 0. The number of aromatic nitrogens is 1. The predicted octanol–water partition coefficient (Wildman–Crippen LogP) is 3.12. The Labute approximate surface area is 185 Å². The average molecular weight is 427 g/mol. The molecule has 3 rings (SSSR count). The monoisotopic (exact) mass is 426 g/mol. The second-order valence-electron chi connectivity index (χ2n) is 7.64. The molecule has 0 radical (unpaired) electrons. The van der Waals surface area contributed by atoms with Gasteiger partial charge in [0.15, 0.2) is 5.96 Å². The summed E-state index contributed by atoms with van der Waals surface area (Å²) in [4.78, 5) is 15.6. The molecule has 0 saturated carbocycles. The van der Waals surface area contributed by atoms with Crippen LogP contribution < -0.4 is 15.5 Å². The highest BCUT2D eigenvalue weighted by molar-refractivity contribution is 7.98. The first-order valence-corrected chi connectivity index (χ1v) is 11.9. The smallest absolute Gasteiger partial charge is 0.191 e. The summed E-state index contributed by atoms with van der Waals surface area (Å²) in [6, 6.07) is 10.7. The Hall–Kier alpha value is -2.25. The number of aliphatic imine (C=N–C) groups is 1. The zero-order chi connectivity index (χ0) is 21.3. The Morgan fingerprint density at radius 3 is 2.67 bits per heavy atom. The molecular formula is C23H34N6S. The third kappa shape index (κ3) is 6.12. The molecule has 0 amide bonds. The van der Waals surface area contributed by atoms with Crippen LogP contribution in [0, 0.1) is 6.92 Å². The van der Waals surface area contributed by atoms with Crippen LogP contribution in [0.5, 0.6) is 0 Å². The second kappa shape index (κ2) is 11.2. The van der Waals surface area contributed by atoms with E-state index in [9.17, 15) is 0 Å². The molecule has 0 bridgehead atoms. The number of nitrogens with one attached hydrogen (secondary N) is 2. The van der Waals surface area contributed by atoms with Gasteiger partial charge in [-0.25, -0.2) is 9.98 Å². The maximum Gasteiger partial charge on any atom is 0.191 e. The molecule has 0 atom stereocenters. The van der Waals surface area contributed by atoms with Crippen molar-refractivity contribution in [2.45, 2.75) is 31.8 Å². The van der Waals surface area contributed by atoms with Crippen LogP contribution >= 0.6 is 11.8 Å². The average Bonchev–Trinajstić information content (AvgIpc) is 2.77. The Bertz CT molecular complexity index is 845. The van der Waals surface area contributed by atoms with Crippen molar-refractivity contribution in [3.05, 3.63) is 53.2 Å². The predicted molar refractivity (Wildman–Crippen MR) is 129 cm³/mol. The summed E-state index contributed by atoms with van der Waals surface area (Å²) in [5.41, 5.74) is 3.74. The van der Waals surface area contributed by atoms with Crippen LogP contribution in [0.2, 0.25) is 0 Å². The minimum atomic E-state index is 0.657. The normalized spacial score (nSPS) is 15.3. The zero-order valence-electron chi connectivity index (χ0n) is 18.6. The molecule has 1 fully saturated rings. The standard InChI is InChI=1S/C23H34N6S/c1-5-24-23(26-16-19-9-8-18(2)15-21(19)30-4)27-17-20-7-6-10-25-22(20)29-13-11-28(3)12-14-29/h6-10,15H,5,11-14,16-17H2,1-4H3,(H2,24,26,27). The number of guanidine groups is 1. The Balaban J connectivity index is 1.69. The minimum Gasteiger partial charge on any atom is -0.357 e. The van der Waals surface area contributed by atoms with Gasteiger partial charge in [0.25, 0.3) is 0 Å². The van der Waals surface area contributed by atoms with Gasteiger partial charge in [0.05, 0.1) is 6.54 Å². The van der Waals surface area contributed by atoms with Gasteiger partial charge in [0.2, 0.25) is 0 Å². The van der Waals surface area contributed by atoms with Gasteiger partial charge in [0.1, 0.15) is 5.82 Å². The first kappa shape index (κ1) is 22.4. The van der Waals surface area contributed by atoms with Gasteiger partial charge in [-0.05, 0) is 50.4 Å². The fourth-order valence-electron chi connectivity index (χ4n) is 3.54. The number of rotatable bonds is 7. The Morgan fingerprint density at radius 2 is 1.93 bits per heavy atom. The minimum absolute atomic E-state index is 0.657. The first-order chi connectivity index (χ1) is 14.6. The summed E-state index contributed by atoms with van der Waals surface area (Å²) >= 11 is 1.78. The number of likely N-dealkylation sites (N-methyl/N-ethyl adjacent to an activating group) is 1. The van der Waals surface area contributed by atoms with E-state index in [1.54, 1.807) is 11.8 Å². The summed E-state index contributed by atoms with van der Waals surface area (Å²) in [7, 11) is 2.17. The van der Waals surface area contributed by atoms with E-state index in [1.807, 2.05) is 12.3 Å². The quantitative estimate of drug-likeness (QED) is 0.403. The van der Waals surface area contributed by atoms with Crippen molar-refractivity contribution in [2.75, 3.05) is 50.9 Å². The lowest BCUT2D eigenvalue weighted by molar-refractivity contribution is 0.312. The number of pyridine rings is 1. The van der Waals surface area contributed by atoms with Crippen molar-refractivity contribution in [2.24, 2.45) is 4.99 Å². The lowest BCUT2D eigenvalue weighted by Crippen LogP contribution is -2.45. The summed E-state index contributed by atoms with van der Waals surface area (Å²) in [5, 5.41) is 6.87. The zero-order valence-corrected chi connectivity index (χ0v) is 19.4. The van der Waals surface area contributed by atoms with Gasteiger partial charge < -0.3 is 20.4 Å². The number of aryl methyl sites for hydroxylation is 1. The van der Waals surface area contributed by atoms with Crippen molar-refractivity contribution >= 4 is 23.5 Å². The number of benzene rings is 1. The SMILES string of the molecule is CCNC(=NCc1ccc(C)cc1SC)NCc1cccnc1N1CCN(C)CC1. The molecule has 2 heterocycles. The molecule has 6 nitrogen and oxygen atoms in total. The van der Waals surface area contributed by atoms with Gasteiger partial charge in [-0.1, -0.05) is 18.2 Å². The Morgan fingerprint density at radius 1 is 1.13 bits per heavy atom. The first-order valence-electron chi connectivity index (χ1n) is 10.6. The van der Waals surface area contributed by atoms with E-state index in [2.05, 4.69) is 76.8 Å². The molecule has 7 heteroatoms. The molecule has 1 saturated heterocycles. The maximum absolute atomic E-state index is 4.83. The fourth-order valence-corrected chi connectivity index (χ4v) is 4.24. The molecule has 1 aromatic heterocycles. The third-order valence-electron chi connectivity index (χ3n) is 5.31. The maximum atomic E-state index is 4.83. The number of piperazine rings is 1. The molecule has 0 aliphatic carbocycles. The highest BCUT2D eigenvalue weighted by Gasteiger charge is 2.18. The van der Waals surface area contributed by atoms with E-state index in [-0.39, 0.29) is 0 Å². The van der Waals surface area contributed by atoms with Crippen LogP contribution in [-0.2, 0) is 13.1 Å². The van der Waals surface area contributed by atoms with E-state index < -0.39 is 0 Å². The molecule has 2 aromatic rings. The van der Waals surface area contributed by atoms with E-state index in [0.29, 0.717) is 13.1 Å². The van der Waals surface area contributed by atoms with Gasteiger partial charge in [-0.3, -0.25) is 0 Å². The molecule has 0 spiro atoms. The molecule has 30 heavy (non-hydrogen) atoms. The van der Waals surface area contributed by atoms with E-state index in [4.69, 9.17) is 4.99 Å². The van der Waals surface area contributed by atoms with Crippen LogP contribution in [-0.4, -0.2) is 61.9 Å². The lowest BCUT2D eigenvalue weighted by Gasteiger charge is -2.34. The fraction of sp³-hybridized carbons (Fsp3) is 0.478. The van der Waals surface area contributed by atoms with Crippen LogP contribution in [0.3, 0.4) is 0 Å². The van der Waals surface area contributed by atoms with E-state index in [0.717, 1.165) is 44.5 Å². The largest absolute Gasteiger partial charge is 0.357 e. The van der Waals surface area contributed by atoms with Gasteiger partial charge in [-0.15, -0.1) is 11.8 Å². The van der Waals surface area contributed by atoms with Crippen LogP contribution in [0.15, 0.2) is 46.4 Å². The molecule has 1 aromatic carbocycles. The van der Waals surface area contributed by atoms with E-state index >= 15 is 0 Å². The molecule has 2 N–H and O–H groups in total. The number of nitrogens with zero attached hydrogens (tertiary/aromatic N) is 4. The van der Waals surface area contributed by atoms with Crippen molar-refractivity contribution in [3.8, 4) is 0 Å². The van der Waals surface area contributed by atoms with Crippen LogP contribution in [0.1, 0.15) is 23.6 Å². The number of hydrogen-bond acceptors (Lipinski definition) is 5. The Kier molecular flexibility index (Phi) is 8.39. The van der Waals surface area contributed by atoms with Crippen LogP contribution in [0.4, 0.5) is 5.82 Å². The highest BCUT2D eigenvalue weighted by Crippen LogP contribution is 2.22. The topological polar surface area (TPSA) is 55.8 Å². The van der Waals surface area contributed by atoms with Crippen LogP contribution in [0.25, 0.3) is 0 Å². The molecule has 1 aliphatic rings. The number of anilines is 1. The van der Waals surface area contributed by atoms with Gasteiger partial charge in [-0.2, -0.15) is 0 Å². The van der Waals surface area contributed by atoms with Crippen molar-refractivity contribution in [1.82, 2.24) is 20.5 Å². The summed E-state index contributed by atoms with van der Waals surface area (Å²) in [6.07, 6.45) is 4.01. The molecule has 1 aliphatic heterocycles. The third-order valence-corrected chi connectivity index (χ3v) is 6.13. The van der Waals surface area contributed by atoms with Crippen molar-refractivity contribution < 1.29 is 0 Å². The molecule has 0 unspecified atom stereocenters. The van der Waals surface area contributed by atoms with Crippen molar-refractivity contribution in [1.29, 1.82) is 0 Å². The number of thioether (sulfide) groups is 1. The summed E-state index contributed by atoms with van der Waals surface area (Å²) in [6.45, 7) is 10.6. The van der Waals surface area contributed by atoms with Gasteiger partial charge >= 0.3 is 0 Å². The van der Waals surface area contributed by atoms with Gasteiger partial charge in [0, 0.05) is 55.9 Å². The number of hydrogen-bond donors (Lipinski definition) is 2. The van der Waals surface area contributed by atoms with E-state index in [1.165, 1.54) is 21.6 Å². The highest BCUT2D eigenvalue weighted by atomic mass is 32.2.